The second-order valence-electron chi connectivity index (χ2n) is 5.84. The Bertz CT molecular complexity index is 643. The molecule has 0 fully saturated rings. The Kier molecular flexibility index (Phi) is 3.83. The second-order valence-corrected chi connectivity index (χ2v) is 5.84. The van der Waals surface area contributed by atoms with Gasteiger partial charge in [0.15, 0.2) is 5.69 Å². The van der Waals surface area contributed by atoms with Crippen molar-refractivity contribution >= 4 is 5.91 Å². The van der Waals surface area contributed by atoms with Gasteiger partial charge in [-0.3, -0.25) is 14.5 Å². The third-order valence-corrected chi connectivity index (χ3v) is 3.94. The minimum absolute atomic E-state index is 0.0384. The molecule has 0 bridgehead atoms. The number of hydrogen-bond acceptors (Lipinski definition) is 4. The molecule has 6 nitrogen and oxygen atoms in total. The molecule has 6 heteroatoms. The van der Waals surface area contributed by atoms with Crippen molar-refractivity contribution in [2.75, 3.05) is 7.05 Å². The Labute approximate surface area is 129 Å². The molecule has 0 spiro atoms. The van der Waals surface area contributed by atoms with Crippen molar-refractivity contribution < 1.29 is 9.53 Å². The van der Waals surface area contributed by atoms with Crippen LogP contribution in [-0.2, 0) is 13.0 Å². The van der Waals surface area contributed by atoms with E-state index >= 15 is 0 Å². The normalized spacial score (nSPS) is 16.6. The van der Waals surface area contributed by atoms with Crippen molar-refractivity contribution in [3.05, 3.63) is 42.0 Å². The minimum atomic E-state index is -0.0384. The van der Waals surface area contributed by atoms with E-state index in [0.717, 1.165) is 17.9 Å². The monoisotopic (exact) mass is 300 g/mol. The fourth-order valence-corrected chi connectivity index (χ4v) is 2.48. The number of carbonyl (C=O) groups excluding carboxylic acids is 1. The molecule has 0 unspecified atom stereocenters. The first-order chi connectivity index (χ1) is 10.5. The maximum absolute atomic E-state index is 12.3. The lowest BCUT2D eigenvalue weighted by Gasteiger charge is -2.20. The lowest BCUT2D eigenvalue weighted by Crippen LogP contribution is -2.33. The Morgan fingerprint density at radius 3 is 2.77 bits per heavy atom. The Hall–Kier alpha value is -2.37. The van der Waals surface area contributed by atoms with Gasteiger partial charge in [0.05, 0.1) is 6.54 Å². The van der Waals surface area contributed by atoms with Gasteiger partial charge >= 0.3 is 0 Å². The van der Waals surface area contributed by atoms with Crippen LogP contribution in [0.5, 0.6) is 5.75 Å². The van der Waals surface area contributed by atoms with Crippen LogP contribution >= 0.6 is 0 Å². The van der Waals surface area contributed by atoms with Gasteiger partial charge in [-0.1, -0.05) is 0 Å². The molecule has 0 aromatic carbocycles. The van der Waals surface area contributed by atoms with Gasteiger partial charge in [-0.05, 0) is 32.0 Å². The van der Waals surface area contributed by atoms with E-state index in [0.29, 0.717) is 12.2 Å². The molecule has 2 aromatic rings. The third kappa shape index (κ3) is 2.81. The van der Waals surface area contributed by atoms with Crippen molar-refractivity contribution in [1.82, 2.24) is 19.7 Å². The molecule has 3 rings (SSSR count). The van der Waals surface area contributed by atoms with E-state index < -0.39 is 0 Å². The zero-order valence-electron chi connectivity index (χ0n) is 13.1. The van der Waals surface area contributed by atoms with Gasteiger partial charge < -0.3 is 9.64 Å². The van der Waals surface area contributed by atoms with E-state index in [1.165, 1.54) is 0 Å². The Morgan fingerprint density at radius 1 is 1.41 bits per heavy atom. The number of carbonyl (C=O) groups is 1. The maximum Gasteiger partial charge on any atom is 0.274 e. The van der Waals surface area contributed by atoms with Crippen LogP contribution < -0.4 is 4.74 Å². The highest BCUT2D eigenvalue weighted by molar-refractivity contribution is 5.92. The number of pyridine rings is 1. The van der Waals surface area contributed by atoms with Gasteiger partial charge in [0.25, 0.3) is 5.91 Å². The third-order valence-electron chi connectivity index (χ3n) is 3.94. The molecule has 2 aromatic heterocycles. The number of amides is 1. The van der Waals surface area contributed by atoms with E-state index in [2.05, 4.69) is 10.1 Å². The first-order valence-corrected chi connectivity index (χ1v) is 7.45. The molecule has 1 aliphatic heterocycles. The first-order valence-electron chi connectivity index (χ1n) is 7.45. The topological polar surface area (TPSA) is 60.2 Å². The summed E-state index contributed by atoms with van der Waals surface area (Å²) in [5, 5.41) is 4.42. The highest BCUT2D eigenvalue weighted by atomic mass is 16.5. The smallest absolute Gasteiger partial charge is 0.274 e. The minimum Gasteiger partial charge on any atom is -0.488 e. The molecule has 22 heavy (non-hydrogen) atoms. The summed E-state index contributed by atoms with van der Waals surface area (Å²) in [5.41, 5.74) is 1.55. The summed E-state index contributed by atoms with van der Waals surface area (Å²) in [6, 6.07) is 5.71. The zero-order chi connectivity index (χ0) is 15.7. The van der Waals surface area contributed by atoms with Crippen molar-refractivity contribution in [3.8, 4) is 5.75 Å². The molecule has 0 aliphatic carbocycles. The molecule has 0 N–H and O–H groups in total. The van der Waals surface area contributed by atoms with Crippen molar-refractivity contribution in [2.24, 2.45) is 0 Å². The van der Waals surface area contributed by atoms with E-state index in [9.17, 15) is 4.79 Å². The summed E-state index contributed by atoms with van der Waals surface area (Å²) in [6.45, 7) is 4.64. The SMILES string of the molecule is CC(C)N(C)C(=O)c1cc2n(n1)C[C@@H](Oc1ccncc1)C2. The van der Waals surface area contributed by atoms with Crippen LogP contribution in [0.3, 0.4) is 0 Å². The number of hydrogen-bond donors (Lipinski definition) is 0. The van der Waals surface area contributed by atoms with Gasteiger partial charge in [-0.2, -0.15) is 5.10 Å². The largest absolute Gasteiger partial charge is 0.488 e. The second kappa shape index (κ2) is 5.79. The molecule has 116 valence electrons. The molecule has 1 amide bonds. The molecule has 0 saturated heterocycles. The summed E-state index contributed by atoms with van der Waals surface area (Å²) in [6.07, 6.45) is 4.23. The van der Waals surface area contributed by atoms with Gasteiger partial charge in [0, 0.05) is 37.6 Å². The van der Waals surface area contributed by atoms with E-state index in [4.69, 9.17) is 4.74 Å². The Balaban J connectivity index is 1.67. The molecular weight excluding hydrogens is 280 g/mol. The first kappa shape index (κ1) is 14.6. The van der Waals surface area contributed by atoms with Crippen LogP contribution in [0.1, 0.15) is 30.0 Å². The predicted octanol–water partition coefficient (Wildman–Crippen LogP) is 1.76. The number of rotatable bonds is 4. The molecular formula is C16H20N4O2. The predicted molar refractivity (Wildman–Crippen MR) is 81.8 cm³/mol. The number of aromatic nitrogens is 3. The van der Waals surface area contributed by atoms with Crippen LogP contribution in [0.4, 0.5) is 0 Å². The highest BCUT2D eigenvalue weighted by Gasteiger charge is 2.27. The van der Waals surface area contributed by atoms with Crippen molar-refractivity contribution in [1.29, 1.82) is 0 Å². The average Bonchev–Trinajstić information content (AvgIpc) is 3.04. The van der Waals surface area contributed by atoms with E-state index in [1.807, 2.05) is 36.7 Å². The molecule has 1 atom stereocenters. The lowest BCUT2D eigenvalue weighted by atomic mass is 10.2. The quantitative estimate of drug-likeness (QED) is 0.863. The number of fused-ring (bicyclic) bond motifs is 1. The average molecular weight is 300 g/mol. The number of nitrogens with zero attached hydrogens (tertiary/aromatic N) is 4. The summed E-state index contributed by atoms with van der Waals surface area (Å²) < 4.78 is 7.77. The van der Waals surface area contributed by atoms with Crippen LogP contribution in [0.15, 0.2) is 30.6 Å². The highest BCUT2D eigenvalue weighted by Crippen LogP contribution is 2.21. The fraction of sp³-hybridized carbons (Fsp3) is 0.438. The summed E-state index contributed by atoms with van der Waals surface area (Å²) in [5.74, 6) is 0.769. The molecule has 1 aliphatic rings. The van der Waals surface area contributed by atoms with Gasteiger partial charge in [0.2, 0.25) is 0 Å². The van der Waals surface area contributed by atoms with Gasteiger partial charge in [0.1, 0.15) is 11.9 Å². The lowest BCUT2D eigenvalue weighted by molar-refractivity contribution is 0.0747. The van der Waals surface area contributed by atoms with Gasteiger partial charge in [-0.15, -0.1) is 0 Å². The Morgan fingerprint density at radius 2 is 2.14 bits per heavy atom. The zero-order valence-corrected chi connectivity index (χ0v) is 13.1. The number of ether oxygens (including phenoxy) is 1. The maximum atomic E-state index is 12.3. The van der Waals surface area contributed by atoms with Crippen LogP contribution in [-0.4, -0.2) is 44.8 Å². The molecule has 0 radical (unpaired) electrons. The molecule has 0 saturated carbocycles. The van der Waals surface area contributed by atoms with Crippen LogP contribution in [0, 0.1) is 0 Å². The van der Waals surface area contributed by atoms with E-state index in [-0.39, 0.29) is 18.1 Å². The van der Waals surface area contributed by atoms with Gasteiger partial charge in [-0.25, -0.2) is 0 Å². The molecule has 3 heterocycles. The van der Waals surface area contributed by atoms with Crippen LogP contribution in [0.2, 0.25) is 0 Å². The van der Waals surface area contributed by atoms with Crippen LogP contribution in [0.25, 0.3) is 0 Å². The summed E-state index contributed by atoms with van der Waals surface area (Å²) >= 11 is 0. The van der Waals surface area contributed by atoms with Crippen molar-refractivity contribution in [3.63, 3.8) is 0 Å². The summed E-state index contributed by atoms with van der Waals surface area (Å²) in [4.78, 5) is 17.9. The van der Waals surface area contributed by atoms with E-state index in [1.54, 1.807) is 24.3 Å². The van der Waals surface area contributed by atoms with Crippen molar-refractivity contribution in [2.45, 2.75) is 39.0 Å². The standard InChI is InChI=1S/C16H20N4O2/c1-11(2)19(3)16(21)15-9-12-8-14(10-20(12)18-15)22-13-4-6-17-7-5-13/h4-7,9,11,14H,8,10H2,1-3H3/t14-/m0/s1. The summed E-state index contributed by atoms with van der Waals surface area (Å²) in [7, 11) is 1.80. The fourth-order valence-electron chi connectivity index (χ4n) is 2.48.